The molecule has 2 aromatic heterocycles. The topological polar surface area (TPSA) is 91.8 Å². The zero-order valence-corrected chi connectivity index (χ0v) is 24.2. The van der Waals surface area contributed by atoms with Crippen LogP contribution in [0.3, 0.4) is 0 Å². The SMILES string of the molecule is CS(=O)(=O)Cc1ccc(Oc2ccc(CN3CCC(N(C(=O)Nc4ccc(F)cc4)c4ccsc4)CC3)cn2)cc1. The van der Waals surface area contributed by atoms with Crippen LogP contribution < -0.4 is 15.0 Å². The third-order valence-corrected chi connectivity index (χ3v) is 8.33. The van der Waals surface area contributed by atoms with Crippen LogP contribution >= 0.6 is 11.3 Å². The fourth-order valence-corrected chi connectivity index (χ4v) is 6.27. The molecule has 1 aliphatic rings. The van der Waals surface area contributed by atoms with E-state index in [1.807, 2.05) is 33.9 Å². The van der Waals surface area contributed by atoms with Crippen molar-refractivity contribution in [3.8, 4) is 11.6 Å². The minimum atomic E-state index is -3.09. The monoisotopic (exact) mass is 594 g/mol. The number of ether oxygens (including phenoxy) is 1. The van der Waals surface area contributed by atoms with Gasteiger partial charge in [0.15, 0.2) is 9.84 Å². The highest BCUT2D eigenvalue weighted by Gasteiger charge is 2.29. The molecule has 0 unspecified atom stereocenters. The molecule has 0 spiro atoms. The minimum Gasteiger partial charge on any atom is -0.439 e. The number of likely N-dealkylation sites (tertiary alicyclic amines) is 1. The number of hydrogen-bond donors (Lipinski definition) is 1. The quantitative estimate of drug-likeness (QED) is 0.244. The minimum absolute atomic E-state index is 0.00726. The second kappa shape index (κ2) is 12.8. The molecule has 4 aromatic rings. The van der Waals surface area contributed by atoms with Crippen molar-refractivity contribution in [1.82, 2.24) is 9.88 Å². The van der Waals surface area contributed by atoms with E-state index in [1.54, 1.807) is 53.9 Å². The third-order valence-electron chi connectivity index (χ3n) is 6.80. The number of carbonyl (C=O) groups is 1. The lowest BCUT2D eigenvalue weighted by Gasteiger charge is -2.38. The number of urea groups is 1. The van der Waals surface area contributed by atoms with Crippen LogP contribution in [0.5, 0.6) is 11.6 Å². The molecule has 11 heteroatoms. The standard InChI is InChI=1S/C30H31FN4O4S2/c1-41(37,38)21-22-2-9-28(10-3-22)39-29-11-4-23(18-32-29)19-34-15-12-26(13-16-34)35(27-14-17-40-20-27)30(36)33-25-7-5-24(31)6-8-25/h2-11,14,17-18,20,26H,12-13,15-16,19,21H2,1H3,(H,33,36). The molecule has 2 amide bonds. The average molecular weight is 595 g/mol. The van der Waals surface area contributed by atoms with Crippen molar-refractivity contribution < 1.29 is 22.3 Å². The Kier molecular flexibility index (Phi) is 8.96. The second-order valence-electron chi connectivity index (χ2n) is 10.1. The predicted octanol–water partition coefficient (Wildman–Crippen LogP) is 6.32. The summed E-state index contributed by atoms with van der Waals surface area (Å²) in [5, 5.41) is 6.83. The van der Waals surface area contributed by atoms with Gasteiger partial charge in [-0.05, 0) is 71.8 Å². The molecule has 0 bridgehead atoms. The number of amides is 2. The van der Waals surface area contributed by atoms with E-state index in [4.69, 9.17) is 4.74 Å². The highest BCUT2D eigenvalue weighted by atomic mass is 32.2. The number of aromatic nitrogens is 1. The third kappa shape index (κ3) is 8.12. The molecule has 214 valence electrons. The molecule has 1 N–H and O–H groups in total. The smallest absolute Gasteiger partial charge is 0.326 e. The number of piperidine rings is 1. The van der Waals surface area contributed by atoms with Crippen LogP contribution in [0.1, 0.15) is 24.0 Å². The van der Waals surface area contributed by atoms with Crippen molar-refractivity contribution in [2.75, 3.05) is 29.6 Å². The molecule has 2 aromatic carbocycles. The largest absolute Gasteiger partial charge is 0.439 e. The van der Waals surface area contributed by atoms with Crippen LogP contribution in [-0.4, -0.2) is 49.7 Å². The van der Waals surface area contributed by atoms with Crippen LogP contribution in [0.4, 0.5) is 20.6 Å². The summed E-state index contributed by atoms with van der Waals surface area (Å²) in [6.07, 6.45) is 4.64. The maximum absolute atomic E-state index is 13.3. The van der Waals surface area contributed by atoms with Crippen molar-refractivity contribution in [1.29, 1.82) is 0 Å². The Morgan fingerprint density at radius 3 is 2.37 bits per heavy atom. The Balaban J connectivity index is 1.15. The van der Waals surface area contributed by atoms with Gasteiger partial charge in [-0.15, -0.1) is 0 Å². The van der Waals surface area contributed by atoms with E-state index in [0.29, 0.717) is 22.9 Å². The lowest BCUT2D eigenvalue weighted by atomic mass is 10.0. The lowest BCUT2D eigenvalue weighted by Crippen LogP contribution is -2.48. The van der Waals surface area contributed by atoms with Gasteiger partial charge in [-0.1, -0.05) is 18.2 Å². The summed E-state index contributed by atoms with van der Waals surface area (Å²) in [5.41, 5.74) is 3.18. The fourth-order valence-electron chi connectivity index (χ4n) is 4.84. The normalized spacial score (nSPS) is 14.5. The van der Waals surface area contributed by atoms with E-state index in [-0.39, 0.29) is 23.6 Å². The van der Waals surface area contributed by atoms with Gasteiger partial charge >= 0.3 is 6.03 Å². The van der Waals surface area contributed by atoms with E-state index < -0.39 is 9.84 Å². The number of nitrogens with one attached hydrogen (secondary N) is 1. The van der Waals surface area contributed by atoms with Crippen molar-refractivity contribution in [2.45, 2.75) is 31.2 Å². The number of sulfone groups is 1. The highest BCUT2D eigenvalue weighted by molar-refractivity contribution is 7.89. The summed E-state index contributed by atoms with van der Waals surface area (Å²) in [6.45, 7) is 2.39. The maximum atomic E-state index is 13.3. The van der Waals surface area contributed by atoms with Crippen molar-refractivity contribution >= 4 is 38.6 Å². The summed E-state index contributed by atoms with van der Waals surface area (Å²) in [6, 6.07) is 18.3. The Morgan fingerprint density at radius 2 is 1.76 bits per heavy atom. The summed E-state index contributed by atoms with van der Waals surface area (Å²) >= 11 is 1.54. The number of rotatable bonds is 9. The molecule has 5 rings (SSSR count). The number of nitrogens with zero attached hydrogens (tertiary/aromatic N) is 3. The van der Waals surface area contributed by atoms with Gasteiger partial charge in [0.2, 0.25) is 5.88 Å². The van der Waals surface area contributed by atoms with E-state index in [2.05, 4.69) is 15.2 Å². The Bertz CT molecular complexity index is 1540. The van der Waals surface area contributed by atoms with Gasteiger partial charge in [0.05, 0.1) is 11.4 Å². The molecule has 0 saturated carbocycles. The molecule has 0 atom stereocenters. The number of pyridine rings is 1. The van der Waals surface area contributed by atoms with Gasteiger partial charge in [-0.2, -0.15) is 11.3 Å². The summed E-state index contributed by atoms with van der Waals surface area (Å²) in [4.78, 5) is 21.9. The first kappa shape index (κ1) is 28.7. The molecule has 3 heterocycles. The first-order valence-corrected chi connectivity index (χ1v) is 16.2. The van der Waals surface area contributed by atoms with Crippen LogP contribution in [0, 0.1) is 5.82 Å². The predicted molar refractivity (Wildman–Crippen MR) is 160 cm³/mol. The van der Waals surface area contributed by atoms with Crippen LogP contribution in [0.25, 0.3) is 0 Å². The second-order valence-corrected chi connectivity index (χ2v) is 13.0. The molecule has 8 nitrogen and oxygen atoms in total. The molecular formula is C30H31FN4O4S2. The molecule has 41 heavy (non-hydrogen) atoms. The molecule has 1 aliphatic heterocycles. The summed E-state index contributed by atoms with van der Waals surface area (Å²) in [5.74, 6) is 0.693. The van der Waals surface area contributed by atoms with Gasteiger partial charge in [0.1, 0.15) is 11.6 Å². The van der Waals surface area contributed by atoms with Crippen molar-refractivity contribution in [2.24, 2.45) is 0 Å². The highest BCUT2D eigenvalue weighted by Crippen LogP contribution is 2.28. The Morgan fingerprint density at radius 1 is 1.05 bits per heavy atom. The molecule has 0 radical (unpaired) electrons. The first-order chi connectivity index (χ1) is 19.7. The number of halogens is 1. The Labute approximate surface area is 243 Å². The maximum Gasteiger partial charge on any atom is 0.326 e. The van der Waals surface area contributed by atoms with Gasteiger partial charge in [0.25, 0.3) is 0 Å². The zero-order chi connectivity index (χ0) is 28.8. The number of carbonyl (C=O) groups excluding carboxylic acids is 1. The van der Waals surface area contributed by atoms with Crippen molar-refractivity contribution in [3.05, 3.63) is 101 Å². The molecule has 1 fully saturated rings. The lowest BCUT2D eigenvalue weighted by molar-refractivity contribution is 0.199. The van der Waals surface area contributed by atoms with E-state index in [9.17, 15) is 17.6 Å². The first-order valence-electron chi connectivity index (χ1n) is 13.2. The molecule has 0 aliphatic carbocycles. The van der Waals surface area contributed by atoms with Crippen LogP contribution in [-0.2, 0) is 22.1 Å². The van der Waals surface area contributed by atoms with E-state index in [0.717, 1.165) is 43.7 Å². The van der Waals surface area contributed by atoms with Gasteiger partial charge in [-0.3, -0.25) is 9.80 Å². The van der Waals surface area contributed by atoms with Crippen molar-refractivity contribution in [3.63, 3.8) is 0 Å². The van der Waals surface area contributed by atoms with Gasteiger partial charge < -0.3 is 10.1 Å². The van der Waals surface area contributed by atoms with E-state index in [1.165, 1.54) is 18.4 Å². The van der Waals surface area contributed by atoms with Gasteiger partial charge in [0, 0.05) is 55.3 Å². The number of anilines is 2. The average Bonchev–Trinajstić information content (AvgIpc) is 3.47. The van der Waals surface area contributed by atoms with E-state index >= 15 is 0 Å². The van der Waals surface area contributed by atoms with Crippen LogP contribution in [0.15, 0.2) is 83.7 Å². The summed E-state index contributed by atoms with van der Waals surface area (Å²) in [7, 11) is -3.09. The number of benzene rings is 2. The Hall–Kier alpha value is -3.80. The molecule has 1 saturated heterocycles. The molecular weight excluding hydrogens is 563 g/mol. The number of hydrogen-bond acceptors (Lipinski definition) is 7. The van der Waals surface area contributed by atoms with Crippen LogP contribution in [0.2, 0.25) is 0 Å². The zero-order valence-electron chi connectivity index (χ0n) is 22.6. The fraction of sp³-hybridized carbons (Fsp3) is 0.267. The number of thiophene rings is 1. The van der Waals surface area contributed by atoms with Gasteiger partial charge in [-0.25, -0.2) is 22.6 Å². The summed E-state index contributed by atoms with van der Waals surface area (Å²) < 4.78 is 42.1.